The molecule has 2 heterocycles. The molecule has 1 amide bonds. The fourth-order valence-electron chi connectivity index (χ4n) is 3.36. The number of alkyl halides is 3. The van der Waals surface area contributed by atoms with Crippen molar-refractivity contribution in [2.45, 2.75) is 39.6 Å². The van der Waals surface area contributed by atoms with Crippen molar-refractivity contribution in [3.05, 3.63) is 47.8 Å². The van der Waals surface area contributed by atoms with E-state index in [4.69, 9.17) is 0 Å². The Balaban J connectivity index is 2.00. The molecule has 0 radical (unpaired) electrons. The lowest BCUT2D eigenvalue weighted by molar-refractivity contribution is -0.274. The van der Waals surface area contributed by atoms with E-state index in [1.54, 1.807) is 27.2 Å². The zero-order valence-corrected chi connectivity index (χ0v) is 18.0. The van der Waals surface area contributed by atoms with Crippen LogP contribution in [0.4, 0.5) is 24.7 Å². The van der Waals surface area contributed by atoms with Crippen LogP contribution in [-0.4, -0.2) is 40.8 Å². The number of anilines is 2. The van der Waals surface area contributed by atoms with Gasteiger partial charge in [-0.3, -0.25) is 4.79 Å². The normalized spacial score (nSPS) is 11.8. The standard InChI is InChI=1S/C22H25F3N4O2/c1-13(2)17-11-15(31-22(23,24)25)10-14(3)20(17)27-21-16-7-9-29(12-19(30)28(4)5)18(16)6-8-26-21/h6-11,13H,12H2,1-5H3,(H,26,27). The van der Waals surface area contributed by atoms with Gasteiger partial charge in [0, 0.05) is 37.6 Å². The van der Waals surface area contributed by atoms with E-state index in [2.05, 4.69) is 15.0 Å². The number of amides is 1. The molecule has 0 unspecified atom stereocenters. The van der Waals surface area contributed by atoms with E-state index in [1.165, 1.54) is 17.0 Å². The van der Waals surface area contributed by atoms with Gasteiger partial charge in [0.25, 0.3) is 0 Å². The van der Waals surface area contributed by atoms with Gasteiger partial charge < -0.3 is 19.5 Å². The molecule has 9 heteroatoms. The van der Waals surface area contributed by atoms with Gasteiger partial charge in [-0.25, -0.2) is 4.98 Å². The number of aryl methyl sites for hydroxylation is 1. The molecule has 3 aromatic rings. The fraction of sp³-hybridized carbons (Fsp3) is 0.364. The molecule has 1 N–H and O–H groups in total. The third kappa shape index (κ3) is 5.10. The second-order valence-corrected chi connectivity index (χ2v) is 7.86. The van der Waals surface area contributed by atoms with E-state index in [0.717, 1.165) is 10.9 Å². The summed E-state index contributed by atoms with van der Waals surface area (Å²) in [5, 5.41) is 4.09. The van der Waals surface area contributed by atoms with E-state index >= 15 is 0 Å². The highest BCUT2D eigenvalue weighted by Crippen LogP contribution is 2.37. The number of halogens is 3. The first-order valence-electron chi connectivity index (χ1n) is 9.77. The third-order valence-electron chi connectivity index (χ3n) is 4.94. The topological polar surface area (TPSA) is 59.4 Å². The lowest BCUT2D eigenvalue weighted by Gasteiger charge is -2.20. The van der Waals surface area contributed by atoms with E-state index in [9.17, 15) is 18.0 Å². The summed E-state index contributed by atoms with van der Waals surface area (Å²) < 4.78 is 44.0. The van der Waals surface area contributed by atoms with Crippen LogP contribution in [0.1, 0.15) is 30.9 Å². The first-order chi connectivity index (χ1) is 14.5. The molecule has 0 spiro atoms. The predicted molar refractivity (Wildman–Crippen MR) is 114 cm³/mol. The number of nitrogens with one attached hydrogen (secondary N) is 1. The van der Waals surface area contributed by atoms with Crippen LogP contribution in [0.25, 0.3) is 10.9 Å². The molecule has 3 rings (SSSR count). The monoisotopic (exact) mass is 434 g/mol. The molecule has 0 aliphatic rings. The summed E-state index contributed by atoms with van der Waals surface area (Å²) in [6.45, 7) is 5.71. The summed E-state index contributed by atoms with van der Waals surface area (Å²) in [5.74, 6) is 0.211. The molecule has 0 atom stereocenters. The number of benzene rings is 1. The average molecular weight is 434 g/mol. The smallest absolute Gasteiger partial charge is 0.406 e. The minimum absolute atomic E-state index is 0.0398. The van der Waals surface area contributed by atoms with Crippen molar-refractivity contribution in [2.24, 2.45) is 0 Å². The number of ether oxygens (including phenoxy) is 1. The zero-order chi connectivity index (χ0) is 22.9. The first kappa shape index (κ1) is 22.5. The van der Waals surface area contributed by atoms with Crippen LogP contribution in [0.3, 0.4) is 0 Å². The number of hydrogen-bond donors (Lipinski definition) is 1. The molecule has 31 heavy (non-hydrogen) atoms. The van der Waals surface area contributed by atoms with Crippen molar-refractivity contribution in [3.63, 3.8) is 0 Å². The Morgan fingerprint density at radius 3 is 2.58 bits per heavy atom. The Morgan fingerprint density at radius 1 is 1.26 bits per heavy atom. The van der Waals surface area contributed by atoms with Gasteiger partial charge in [-0.15, -0.1) is 13.2 Å². The van der Waals surface area contributed by atoms with Crippen LogP contribution in [0, 0.1) is 6.92 Å². The fourth-order valence-corrected chi connectivity index (χ4v) is 3.36. The van der Waals surface area contributed by atoms with E-state index in [-0.39, 0.29) is 24.1 Å². The van der Waals surface area contributed by atoms with Crippen LogP contribution in [0.15, 0.2) is 36.7 Å². The third-order valence-corrected chi connectivity index (χ3v) is 4.94. The molecule has 0 aliphatic carbocycles. The number of pyridine rings is 1. The highest BCUT2D eigenvalue weighted by molar-refractivity contribution is 5.93. The molecule has 0 fully saturated rings. The molecular formula is C22H25F3N4O2. The SMILES string of the molecule is Cc1cc(OC(F)(F)F)cc(C(C)C)c1Nc1nccc2c1ccn2CC(=O)N(C)C. The maximum absolute atomic E-state index is 12.7. The summed E-state index contributed by atoms with van der Waals surface area (Å²) >= 11 is 0. The molecule has 0 bridgehead atoms. The number of aromatic nitrogens is 2. The number of hydrogen-bond acceptors (Lipinski definition) is 4. The molecule has 2 aromatic heterocycles. The van der Waals surface area contributed by atoms with Crippen LogP contribution >= 0.6 is 0 Å². The Morgan fingerprint density at radius 2 is 1.97 bits per heavy atom. The number of carbonyl (C=O) groups is 1. The highest BCUT2D eigenvalue weighted by Gasteiger charge is 2.31. The number of likely N-dealkylation sites (N-methyl/N-ethyl adjacent to an activating group) is 1. The van der Waals surface area contributed by atoms with Gasteiger partial charge in [-0.1, -0.05) is 13.8 Å². The van der Waals surface area contributed by atoms with Crippen molar-refractivity contribution < 1.29 is 22.7 Å². The molecule has 0 saturated heterocycles. The maximum Gasteiger partial charge on any atom is 0.573 e. The number of carbonyl (C=O) groups excluding carboxylic acids is 1. The highest BCUT2D eigenvalue weighted by atomic mass is 19.4. The predicted octanol–water partition coefficient (Wildman–Crippen LogP) is 5.20. The van der Waals surface area contributed by atoms with Gasteiger partial charge in [0.15, 0.2) is 0 Å². The maximum atomic E-state index is 12.7. The lowest BCUT2D eigenvalue weighted by Crippen LogP contribution is -2.25. The zero-order valence-electron chi connectivity index (χ0n) is 18.0. The van der Waals surface area contributed by atoms with Crippen LogP contribution in [0.5, 0.6) is 5.75 Å². The van der Waals surface area contributed by atoms with Crippen LogP contribution < -0.4 is 10.1 Å². The van der Waals surface area contributed by atoms with Gasteiger partial charge in [0.1, 0.15) is 18.1 Å². The van der Waals surface area contributed by atoms with Gasteiger partial charge in [0.2, 0.25) is 5.91 Å². The number of fused-ring (bicyclic) bond motifs is 1. The van der Waals surface area contributed by atoms with Gasteiger partial charge in [-0.2, -0.15) is 0 Å². The minimum atomic E-state index is -4.75. The summed E-state index contributed by atoms with van der Waals surface area (Å²) in [6, 6.07) is 6.43. The first-order valence-corrected chi connectivity index (χ1v) is 9.77. The minimum Gasteiger partial charge on any atom is -0.406 e. The Labute approximate surface area is 178 Å². The van der Waals surface area contributed by atoms with E-state index < -0.39 is 6.36 Å². The molecule has 1 aromatic carbocycles. The van der Waals surface area contributed by atoms with Crippen molar-refractivity contribution in [1.29, 1.82) is 0 Å². The molecule has 166 valence electrons. The number of nitrogens with zero attached hydrogens (tertiary/aromatic N) is 3. The Bertz CT molecular complexity index is 1100. The molecule has 0 saturated carbocycles. The van der Waals surface area contributed by atoms with Gasteiger partial charge in [-0.05, 0) is 48.2 Å². The van der Waals surface area contributed by atoms with Gasteiger partial charge in [0.05, 0.1) is 5.52 Å². The second kappa shape index (κ2) is 8.49. The van der Waals surface area contributed by atoms with Crippen molar-refractivity contribution in [2.75, 3.05) is 19.4 Å². The van der Waals surface area contributed by atoms with E-state index in [0.29, 0.717) is 22.6 Å². The quantitative estimate of drug-likeness (QED) is 0.580. The average Bonchev–Trinajstić information content (AvgIpc) is 3.06. The van der Waals surface area contributed by atoms with Crippen LogP contribution in [0.2, 0.25) is 0 Å². The molecule has 6 nitrogen and oxygen atoms in total. The van der Waals surface area contributed by atoms with E-state index in [1.807, 2.05) is 36.7 Å². The Kier molecular flexibility index (Phi) is 6.15. The Hall–Kier alpha value is -3.23. The summed E-state index contributed by atoms with van der Waals surface area (Å²) in [4.78, 5) is 18.1. The summed E-state index contributed by atoms with van der Waals surface area (Å²) in [7, 11) is 3.40. The second-order valence-electron chi connectivity index (χ2n) is 7.86. The van der Waals surface area contributed by atoms with Crippen molar-refractivity contribution in [3.8, 4) is 5.75 Å². The molecule has 0 aliphatic heterocycles. The van der Waals surface area contributed by atoms with Crippen molar-refractivity contribution >= 4 is 28.3 Å². The largest absolute Gasteiger partial charge is 0.573 e. The lowest BCUT2D eigenvalue weighted by atomic mass is 9.97. The number of rotatable bonds is 6. The summed E-state index contributed by atoms with van der Waals surface area (Å²) in [6.07, 6.45) is -1.31. The van der Waals surface area contributed by atoms with Gasteiger partial charge >= 0.3 is 6.36 Å². The summed E-state index contributed by atoms with van der Waals surface area (Å²) in [5.41, 5.74) is 2.79. The molecular weight excluding hydrogens is 409 g/mol. The van der Waals surface area contributed by atoms with Crippen LogP contribution in [-0.2, 0) is 11.3 Å². The van der Waals surface area contributed by atoms with Crippen molar-refractivity contribution in [1.82, 2.24) is 14.5 Å².